The van der Waals surface area contributed by atoms with E-state index in [0.717, 1.165) is 17.3 Å². The Kier molecular flexibility index (Phi) is 6.36. The van der Waals surface area contributed by atoms with Gasteiger partial charge in [0.1, 0.15) is 5.69 Å². The number of nitrogens with one attached hydrogen (secondary N) is 2. The number of para-hydroxylation sites is 2. The summed E-state index contributed by atoms with van der Waals surface area (Å²) in [7, 11) is -3.97. The van der Waals surface area contributed by atoms with E-state index in [1.165, 1.54) is 12.1 Å². The number of aromatic nitrogens is 2. The summed E-state index contributed by atoms with van der Waals surface area (Å²) >= 11 is 0. The lowest BCUT2D eigenvalue weighted by Crippen LogP contribution is -2.14. The third kappa shape index (κ3) is 5.36. The van der Waals surface area contributed by atoms with Crippen LogP contribution in [0.15, 0.2) is 96.2 Å². The van der Waals surface area contributed by atoms with Crippen LogP contribution in [-0.2, 0) is 16.4 Å². The van der Waals surface area contributed by atoms with Crippen LogP contribution in [0.2, 0.25) is 0 Å². The summed E-state index contributed by atoms with van der Waals surface area (Å²) in [5.41, 5.74) is 2.20. The third-order valence-corrected chi connectivity index (χ3v) is 6.27. The minimum Gasteiger partial charge on any atom is -0.379 e. The van der Waals surface area contributed by atoms with Gasteiger partial charge in [-0.2, -0.15) is 5.10 Å². The number of hydrogen-bond donors (Lipinski definition) is 2. The number of sulfonamides is 1. The first-order chi connectivity index (χ1) is 15.9. The van der Waals surface area contributed by atoms with Gasteiger partial charge in [0, 0.05) is 24.5 Å². The van der Waals surface area contributed by atoms with E-state index in [1.54, 1.807) is 41.2 Å². The average Bonchev–Trinajstić information content (AvgIpc) is 3.29. The van der Waals surface area contributed by atoms with E-state index in [2.05, 4.69) is 15.1 Å². The van der Waals surface area contributed by atoms with Crippen LogP contribution in [0.1, 0.15) is 5.56 Å². The molecule has 0 radical (unpaired) electrons. The van der Waals surface area contributed by atoms with Gasteiger partial charge in [-0.1, -0.05) is 36.4 Å². The van der Waals surface area contributed by atoms with Gasteiger partial charge < -0.3 is 5.32 Å². The van der Waals surface area contributed by atoms with Gasteiger partial charge >= 0.3 is 0 Å². The Morgan fingerprint density at radius 3 is 2.36 bits per heavy atom. The fraction of sp³-hybridized carbons (Fsp3) is 0.0870. The number of nitro groups is 1. The molecule has 0 fully saturated rings. The molecule has 2 N–H and O–H groups in total. The zero-order chi connectivity index (χ0) is 23.3. The van der Waals surface area contributed by atoms with Gasteiger partial charge in [0.2, 0.25) is 0 Å². The highest BCUT2D eigenvalue weighted by Crippen LogP contribution is 2.28. The van der Waals surface area contributed by atoms with Gasteiger partial charge in [-0.3, -0.25) is 14.8 Å². The van der Waals surface area contributed by atoms with Gasteiger partial charge in [-0.05, 0) is 48.4 Å². The molecule has 4 rings (SSSR count). The van der Waals surface area contributed by atoms with Gasteiger partial charge in [-0.25, -0.2) is 13.1 Å². The number of nitro benzene ring substituents is 1. The SMILES string of the molecule is O=[N+]([O-])c1cc(S(=O)(=O)Nc2ccccc2)ccc1NCCc1cnn(-c2ccccc2)c1. The minimum absolute atomic E-state index is 0.187. The largest absolute Gasteiger partial charge is 0.379 e. The highest BCUT2D eigenvalue weighted by atomic mass is 32.2. The van der Waals surface area contributed by atoms with Crippen LogP contribution in [0.25, 0.3) is 5.69 Å². The predicted octanol–water partition coefficient (Wildman–Crippen LogP) is 4.24. The van der Waals surface area contributed by atoms with Crippen molar-refractivity contribution in [3.05, 3.63) is 107 Å². The number of hydrogen-bond acceptors (Lipinski definition) is 6. The fourth-order valence-electron chi connectivity index (χ4n) is 3.25. The molecule has 168 valence electrons. The molecule has 4 aromatic rings. The summed E-state index contributed by atoms with van der Waals surface area (Å²) in [5.74, 6) is 0. The summed E-state index contributed by atoms with van der Waals surface area (Å²) in [4.78, 5) is 10.8. The Morgan fingerprint density at radius 1 is 0.970 bits per heavy atom. The van der Waals surface area contributed by atoms with Crippen LogP contribution in [0, 0.1) is 10.1 Å². The Balaban J connectivity index is 1.45. The Hall–Kier alpha value is -4.18. The first kappa shape index (κ1) is 22.0. The molecule has 0 saturated carbocycles. The van der Waals surface area contributed by atoms with Crippen LogP contribution in [0.3, 0.4) is 0 Å². The van der Waals surface area contributed by atoms with Crippen molar-refractivity contribution >= 4 is 27.1 Å². The zero-order valence-corrected chi connectivity index (χ0v) is 18.3. The highest BCUT2D eigenvalue weighted by molar-refractivity contribution is 7.92. The van der Waals surface area contributed by atoms with Crippen molar-refractivity contribution < 1.29 is 13.3 Å². The number of rotatable bonds is 9. The molecule has 0 bridgehead atoms. The van der Waals surface area contributed by atoms with E-state index >= 15 is 0 Å². The molecule has 0 amide bonds. The molecular weight excluding hydrogens is 442 g/mol. The molecule has 0 atom stereocenters. The van der Waals surface area contributed by atoms with Crippen molar-refractivity contribution in [3.8, 4) is 5.69 Å². The molecule has 10 heteroatoms. The molecule has 0 spiro atoms. The van der Waals surface area contributed by atoms with Gasteiger partial charge in [0.25, 0.3) is 15.7 Å². The van der Waals surface area contributed by atoms with Gasteiger partial charge in [-0.15, -0.1) is 0 Å². The second-order valence-corrected chi connectivity index (χ2v) is 8.90. The molecule has 33 heavy (non-hydrogen) atoms. The summed E-state index contributed by atoms with van der Waals surface area (Å²) in [5, 5.41) is 19.0. The molecule has 9 nitrogen and oxygen atoms in total. The van der Waals surface area contributed by atoms with E-state index < -0.39 is 14.9 Å². The normalized spacial score (nSPS) is 11.2. The second kappa shape index (κ2) is 9.53. The van der Waals surface area contributed by atoms with Crippen LogP contribution in [0.4, 0.5) is 17.1 Å². The summed E-state index contributed by atoms with van der Waals surface area (Å²) < 4.78 is 29.5. The van der Waals surface area contributed by atoms with E-state index in [4.69, 9.17) is 0 Å². The topological polar surface area (TPSA) is 119 Å². The maximum absolute atomic E-state index is 12.6. The first-order valence-electron chi connectivity index (χ1n) is 10.1. The van der Waals surface area contributed by atoms with Crippen molar-refractivity contribution in [1.29, 1.82) is 0 Å². The van der Waals surface area contributed by atoms with Crippen molar-refractivity contribution in [1.82, 2.24) is 9.78 Å². The molecule has 0 aliphatic rings. The fourth-order valence-corrected chi connectivity index (χ4v) is 4.33. The standard InChI is InChI=1S/C23H21N5O4S/c29-28(30)23-15-21(33(31,32)26-19-7-3-1-4-8-19)11-12-22(23)24-14-13-18-16-25-27(17-18)20-9-5-2-6-10-20/h1-12,15-17,24,26H,13-14H2. The maximum Gasteiger partial charge on any atom is 0.293 e. The lowest BCUT2D eigenvalue weighted by Gasteiger charge is -2.10. The molecule has 0 aliphatic carbocycles. The Bertz CT molecular complexity index is 1360. The number of benzene rings is 3. The molecular formula is C23H21N5O4S. The summed E-state index contributed by atoms with van der Waals surface area (Å²) in [6.45, 7) is 0.412. The lowest BCUT2D eigenvalue weighted by molar-refractivity contribution is -0.384. The van der Waals surface area contributed by atoms with E-state index in [9.17, 15) is 18.5 Å². The summed E-state index contributed by atoms with van der Waals surface area (Å²) in [6.07, 6.45) is 4.23. The van der Waals surface area contributed by atoms with Crippen LogP contribution in [0.5, 0.6) is 0 Å². The van der Waals surface area contributed by atoms with Gasteiger partial charge in [0.05, 0.1) is 21.7 Å². The van der Waals surface area contributed by atoms with Crippen LogP contribution >= 0.6 is 0 Å². The monoisotopic (exact) mass is 463 g/mol. The van der Waals surface area contributed by atoms with Crippen molar-refractivity contribution in [2.75, 3.05) is 16.6 Å². The second-order valence-electron chi connectivity index (χ2n) is 7.21. The average molecular weight is 464 g/mol. The number of anilines is 2. The van der Waals surface area contributed by atoms with E-state index in [0.29, 0.717) is 18.7 Å². The Labute approximate surface area is 190 Å². The van der Waals surface area contributed by atoms with Gasteiger partial charge in [0.15, 0.2) is 0 Å². The van der Waals surface area contributed by atoms with Crippen molar-refractivity contribution in [2.45, 2.75) is 11.3 Å². The van der Waals surface area contributed by atoms with Crippen LogP contribution < -0.4 is 10.0 Å². The molecule has 1 aromatic heterocycles. The molecule has 1 heterocycles. The molecule has 3 aromatic carbocycles. The molecule has 0 saturated heterocycles. The third-order valence-electron chi connectivity index (χ3n) is 4.89. The predicted molar refractivity (Wildman–Crippen MR) is 126 cm³/mol. The maximum atomic E-state index is 12.6. The number of nitrogens with zero attached hydrogens (tertiary/aromatic N) is 3. The Morgan fingerprint density at radius 2 is 1.67 bits per heavy atom. The quantitative estimate of drug-likeness (QED) is 0.283. The van der Waals surface area contributed by atoms with E-state index in [1.807, 2.05) is 36.5 Å². The van der Waals surface area contributed by atoms with E-state index in [-0.39, 0.29) is 16.3 Å². The highest BCUT2D eigenvalue weighted by Gasteiger charge is 2.21. The molecule has 0 aliphatic heterocycles. The van der Waals surface area contributed by atoms with Crippen molar-refractivity contribution in [3.63, 3.8) is 0 Å². The smallest absolute Gasteiger partial charge is 0.293 e. The van der Waals surface area contributed by atoms with Crippen molar-refractivity contribution in [2.24, 2.45) is 0 Å². The summed E-state index contributed by atoms with van der Waals surface area (Å²) in [6, 6.07) is 21.8. The lowest BCUT2D eigenvalue weighted by atomic mass is 10.2. The zero-order valence-electron chi connectivity index (χ0n) is 17.5. The van der Waals surface area contributed by atoms with Crippen LogP contribution in [-0.4, -0.2) is 29.7 Å². The first-order valence-corrected chi connectivity index (χ1v) is 11.6. The minimum atomic E-state index is -3.97. The molecule has 0 unspecified atom stereocenters.